The average Bonchev–Trinajstić information content (AvgIpc) is 3.15. The summed E-state index contributed by atoms with van der Waals surface area (Å²) in [4.78, 5) is 12.4. The third-order valence-electron chi connectivity index (χ3n) is 3.06. The van der Waals surface area contributed by atoms with Crippen molar-refractivity contribution in [2.75, 3.05) is 5.32 Å². The van der Waals surface area contributed by atoms with Crippen molar-refractivity contribution in [2.45, 2.75) is 13.3 Å². The third-order valence-corrected chi connectivity index (χ3v) is 3.90. The minimum atomic E-state index is -2.76. The van der Waals surface area contributed by atoms with E-state index in [2.05, 4.69) is 20.7 Å². The summed E-state index contributed by atoms with van der Waals surface area (Å²) in [5.74, 6) is -0.839. The lowest BCUT2D eigenvalue weighted by molar-refractivity contribution is 0.102. The molecule has 2 aromatic heterocycles. The molecule has 0 aliphatic carbocycles. The number of alkyl halides is 2. The highest BCUT2D eigenvalue weighted by Gasteiger charge is 2.23. The molecule has 3 rings (SSSR count). The van der Waals surface area contributed by atoms with Crippen molar-refractivity contribution in [3.8, 4) is 11.3 Å². The van der Waals surface area contributed by atoms with Gasteiger partial charge in [0.25, 0.3) is 12.3 Å². The minimum absolute atomic E-state index is 0.0686. The zero-order chi connectivity index (χ0) is 17.3. The number of nitrogens with one attached hydrogen (secondary N) is 1. The Bertz CT molecular complexity index is 877. The topological polar surface area (TPSA) is 80.9 Å². The van der Waals surface area contributed by atoms with E-state index in [1.54, 1.807) is 0 Å². The first-order chi connectivity index (χ1) is 11.5. The molecule has 24 heavy (non-hydrogen) atoms. The number of halogens is 3. The van der Waals surface area contributed by atoms with Crippen LogP contribution in [-0.4, -0.2) is 21.3 Å². The molecule has 0 saturated heterocycles. The average molecular weight is 354 g/mol. The molecule has 0 radical (unpaired) electrons. The van der Waals surface area contributed by atoms with Crippen LogP contribution in [0.1, 0.15) is 27.6 Å². The van der Waals surface area contributed by atoms with E-state index in [1.807, 2.05) is 0 Å². The minimum Gasteiger partial charge on any atom is -0.360 e. The molecule has 2 heterocycles. The van der Waals surface area contributed by atoms with Crippen molar-refractivity contribution in [2.24, 2.45) is 0 Å². The first kappa shape index (κ1) is 16.1. The predicted octanol–water partition coefficient (Wildman–Crippen LogP) is 3.83. The number of rotatable bonds is 4. The van der Waals surface area contributed by atoms with Gasteiger partial charge >= 0.3 is 0 Å². The van der Waals surface area contributed by atoms with E-state index in [-0.39, 0.29) is 22.1 Å². The second-order valence-corrected chi connectivity index (χ2v) is 5.68. The van der Waals surface area contributed by atoms with Crippen molar-refractivity contribution in [3.05, 3.63) is 46.4 Å². The van der Waals surface area contributed by atoms with Gasteiger partial charge < -0.3 is 4.52 Å². The van der Waals surface area contributed by atoms with Crippen LogP contribution < -0.4 is 5.32 Å². The third kappa shape index (κ3) is 3.13. The highest BCUT2D eigenvalue weighted by molar-refractivity contribution is 7.15. The number of anilines is 1. The molecule has 0 atom stereocenters. The zero-order valence-electron chi connectivity index (χ0n) is 12.1. The first-order valence-corrected chi connectivity index (χ1v) is 7.42. The molecule has 0 unspecified atom stereocenters. The molecule has 0 aliphatic heterocycles. The number of benzene rings is 1. The van der Waals surface area contributed by atoms with Crippen molar-refractivity contribution >= 4 is 22.4 Å². The molecule has 3 aromatic rings. The second kappa shape index (κ2) is 6.40. The van der Waals surface area contributed by atoms with Crippen LogP contribution in [-0.2, 0) is 0 Å². The number of nitrogens with zero attached hydrogens (tertiary/aromatic N) is 3. The highest BCUT2D eigenvalue weighted by atomic mass is 32.1. The summed E-state index contributed by atoms with van der Waals surface area (Å²) in [5.41, 5.74) is 0.794. The van der Waals surface area contributed by atoms with Gasteiger partial charge in [-0.1, -0.05) is 16.5 Å². The maximum absolute atomic E-state index is 13.0. The van der Waals surface area contributed by atoms with Crippen LogP contribution >= 0.6 is 11.3 Å². The number of hydrogen-bond donors (Lipinski definition) is 1. The van der Waals surface area contributed by atoms with Crippen LogP contribution in [0.25, 0.3) is 11.3 Å². The Morgan fingerprint density at radius 3 is 2.58 bits per heavy atom. The normalized spacial score (nSPS) is 11.0. The fourth-order valence-corrected chi connectivity index (χ4v) is 2.57. The summed E-state index contributed by atoms with van der Waals surface area (Å²) in [6.45, 7) is 1.53. The van der Waals surface area contributed by atoms with Crippen molar-refractivity contribution < 1.29 is 22.5 Å². The molecule has 0 aliphatic rings. The SMILES string of the molecule is Cc1onc(-c2ccc(F)cc2)c1C(=O)Nc1nnc(C(F)F)s1. The summed E-state index contributed by atoms with van der Waals surface area (Å²) in [7, 11) is 0. The molecule has 0 fully saturated rings. The fraction of sp³-hybridized carbons (Fsp3) is 0.143. The lowest BCUT2D eigenvalue weighted by Gasteiger charge is -2.02. The monoisotopic (exact) mass is 354 g/mol. The van der Waals surface area contributed by atoms with E-state index >= 15 is 0 Å². The highest BCUT2D eigenvalue weighted by Crippen LogP contribution is 2.28. The molecular weight excluding hydrogens is 345 g/mol. The number of aromatic nitrogens is 3. The van der Waals surface area contributed by atoms with Gasteiger partial charge in [-0.15, -0.1) is 10.2 Å². The summed E-state index contributed by atoms with van der Waals surface area (Å²) < 4.78 is 43.1. The Labute approximate surface area is 137 Å². The van der Waals surface area contributed by atoms with Gasteiger partial charge in [0.15, 0.2) is 5.01 Å². The van der Waals surface area contributed by atoms with E-state index in [4.69, 9.17) is 4.52 Å². The van der Waals surface area contributed by atoms with Crippen LogP contribution in [0.2, 0.25) is 0 Å². The van der Waals surface area contributed by atoms with Gasteiger partial charge in [0.2, 0.25) is 5.13 Å². The Morgan fingerprint density at radius 2 is 1.96 bits per heavy atom. The van der Waals surface area contributed by atoms with E-state index in [9.17, 15) is 18.0 Å². The second-order valence-electron chi connectivity index (χ2n) is 4.67. The van der Waals surface area contributed by atoms with E-state index in [0.717, 1.165) is 0 Å². The van der Waals surface area contributed by atoms with Gasteiger partial charge in [-0.2, -0.15) is 0 Å². The fourth-order valence-electron chi connectivity index (χ4n) is 1.98. The Kier molecular flexibility index (Phi) is 4.30. The molecule has 1 aromatic carbocycles. The Balaban J connectivity index is 1.89. The van der Waals surface area contributed by atoms with Gasteiger partial charge in [-0.25, -0.2) is 13.2 Å². The molecule has 124 valence electrons. The Hall–Kier alpha value is -2.75. The van der Waals surface area contributed by atoms with Crippen LogP contribution in [0.4, 0.5) is 18.3 Å². The van der Waals surface area contributed by atoms with Crippen LogP contribution in [0.5, 0.6) is 0 Å². The van der Waals surface area contributed by atoms with E-state index < -0.39 is 23.2 Å². The predicted molar refractivity (Wildman–Crippen MR) is 79.5 cm³/mol. The number of carbonyl (C=O) groups excluding carboxylic acids is 1. The van der Waals surface area contributed by atoms with Gasteiger partial charge in [-0.05, 0) is 31.2 Å². The van der Waals surface area contributed by atoms with E-state index in [1.165, 1.54) is 31.2 Å². The lowest BCUT2D eigenvalue weighted by Crippen LogP contribution is -2.13. The van der Waals surface area contributed by atoms with Crippen molar-refractivity contribution in [1.82, 2.24) is 15.4 Å². The van der Waals surface area contributed by atoms with Crippen LogP contribution in [0.15, 0.2) is 28.8 Å². The van der Waals surface area contributed by atoms with Gasteiger partial charge in [0.05, 0.1) is 0 Å². The number of amides is 1. The maximum atomic E-state index is 13.0. The van der Waals surface area contributed by atoms with Crippen molar-refractivity contribution in [1.29, 1.82) is 0 Å². The first-order valence-electron chi connectivity index (χ1n) is 6.61. The number of carbonyl (C=O) groups is 1. The smallest absolute Gasteiger partial charge is 0.291 e. The molecule has 1 amide bonds. The van der Waals surface area contributed by atoms with Gasteiger partial charge in [-0.3, -0.25) is 10.1 Å². The lowest BCUT2D eigenvalue weighted by atomic mass is 10.1. The summed E-state index contributed by atoms with van der Waals surface area (Å²) in [6, 6.07) is 5.34. The largest absolute Gasteiger partial charge is 0.360 e. The van der Waals surface area contributed by atoms with Crippen molar-refractivity contribution in [3.63, 3.8) is 0 Å². The zero-order valence-corrected chi connectivity index (χ0v) is 12.9. The molecular formula is C14H9F3N4O2S. The number of hydrogen-bond acceptors (Lipinski definition) is 6. The molecule has 0 saturated carbocycles. The molecule has 10 heteroatoms. The quantitative estimate of drug-likeness (QED) is 0.770. The molecule has 0 spiro atoms. The molecule has 6 nitrogen and oxygen atoms in total. The van der Waals surface area contributed by atoms with Crippen LogP contribution in [0.3, 0.4) is 0 Å². The summed E-state index contributed by atoms with van der Waals surface area (Å²) >= 11 is 0.571. The number of aryl methyl sites for hydroxylation is 1. The molecule has 1 N–H and O–H groups in total. The maximum Gasteiger partial charge on any atom is 0.291 e. The Morgan fingerprint density at radius 1 is 1.25 bits per heavy atom. The summed E-state index contributed by atoms with van der Waals surface area (Å²) in [6.07, 6.45) is -2.76. The van der Waals surface area contributed by atoms with Gasteiger partial charge in [0.1, 0.15) is 22.8 Å². The molecule has 0 bridgehead atoms. The summed E-state index contributed by atoms with van der Waals surface area (Å²) in [5, 5.41) is 12.4. The standard InChI is InChI=1S/C14H9F3N4O2S/c1-6-9(10(21-23-6)7-2-4-8(15)5-3-7)12(22)18-14-20-19-13(24-14)11(16)17/h2-5,11H,1H3,(H,18,20,22). The van der Waals surface area contributed by atoms with Gasteiger partial charge in [0, 0.05) is 5.56 Å². The van der Waals surface area contributed by atoms with Crippen LogP contribution in [0, 0.1) is 12.7 Å². The van der Waals surface area contributed by atoms with E-state index in [0.29, 0.717) is 16.9 Å².